The van der Waals surface area contributed by atoms with Crippen molar-refractivity contribution in [3.8, 4) is 45.8 Å². The van der Waals surface area contributed by atoms with Crippen LogP contribution < -0.4 is 11.1 Å². The Morgan fingerprint density at radius 1 is 0.708 bits per heavy atom. The Morgan fingerprint density at radius 3 is 1.74 bits per heavy atom. The number of H-pyrrole nitrogens is 1. The molecule has 10 rings (SSSR count). The molecule has 0 aliphatic carbocycles. The van der Waals surface area contributed by atoms with Gasteiger partial charge < -0.3 is 13.8 Å². The molecule has 1 N–H and O–H groups in total. The molecule has 2 aromatic carbocycles. The lowest BCUT2D eigenvalue weighted by Gasteiger charge is -2.20. The lowest BCUT2D eigenvalue weighted by Crippen LogP contribution is -2.32. The average Bonchev–Trinajstić information content (AvgIpc) is 4.15. The predicted octanol–water partition coefficient (Wildman–Crippen LogP) is 5.98. The third kappa shape index (κ3) is 8.22. The van der Waals surface area contributed by atoms with Crippen molar-refractivity contribution in [3.05, 3.63) is 141 Å². The molecule has 328 valence electrons. The van der Waals surface area contributed by atoms with E-state index in [4.69, 9.17) is 13.8 Å². The number of benzene rings is 2. The molecule has 0 fully saturated rings. The number of nitrogens with one attached hydrogen (secondary N) is 1. The Kier molecular flexibility index (Phi) is 10.6. The summed E-state index contributed by atoms with van der Waals surface area (Å²) in [4.78, 5) is 55.0. The second-order valence-corrected chi connectivity index (χ2v) is 15.6. The quantitative estimate of drug-likeness (QED) is 0.185. The third-order valence-corrected chi connectivity index (χ3v) is 9.93. The van der Waals surface area contributed by atoms with Gasteiger partial charge in [0.05, 0.1) is 24.5 Å². The Labute approximate surface area is 364 Å². The largest absolute Gasteiger partial charge is 0.442 e. The van der Waals surface area contributed by atoms with E-state index in [2.05, 4.69) is 45.5 Å². The molecule has 22 heteroatoms. The van der Waals surface area contributed by atoms with Gasteiger partial charge in [-0.2, -0.15) is 14.9 Å². The third-order valence-electron chi connectivity index (χ3n) is 9.93. The lowest BCUT2D eigenvalue weighted by atomic mass is 10.2. The van der Waals surface area contributed by atoms with Gasteiger partial charge in [0.15, 0.2) is 22.9 Å². The van der Waals surface area contributed by atoms with Crippen molar-refractivity contribution >= 4 is 28.2 Å². The Bertz CT molecular complexity index is 3480. The van der Waals surface area contributed by atoms with Gasteiger partial charge >= 0.3 is 6.09 Å². The van der Waals surface area contributed by atoms with E-state index in [0.717, 1.165) is 9.36 Å². The highest BCUT2D eigenvalue weighted by Gasteiger charge is 2.26. The van der Waals surface area contributed by atoms with E-state index in [-0.39, 0.29) is 47.1 Å². The molecule has 0 bridgehead atoms. The van der Waals surface area contributed by atoms with Crippen molar-refractivity contribution in [2.24, 2.45) is 14.1 Å². The van der Waals surface area contributed by atoms with E-state index in [1.807, 2.05) is 0 Å². The van der Waals surface area contributed by atoms with E-state index >= 15 is 0 Å². The highest BCUT2D eigenvalue weighted by Crippen LogP contribution is 2.27. The van der Waals surface area contributed by atoms with Gasteiger partial charge in [-0.1, -0.05) is 46.7 Å². The number of aromatic amines is 1. The standard InChI is InChI=1S/C24H22FN7O4.C19H14FN7O2/c1-24(2,3)36-23(34)32-21-15(22(33)30(32)4)12-26-20(27-21)18-11-19(17-9-10-35-29-17)31(28-18)13-14-7-5-6-8-16(14)25;1-26-19(28)12-9-21-18(22-17(12)24-26)15-8-16(14-6-7-29-25-14)27(23-15)10-11-4-2-3-5-13(11)20/h5-12H,13H2,1-4H3;2-9H,10H2,1H3,(H,21,22,24). The molecule has 0 aliphatic rings. The number of aromatic nitrogens is 14. The number of rotatable bonds is 8. The first-order chi connectivity index (χ1) is 31.2. The molecule has 0 saturated heterocycles. The van der Waals surface area contributed by atoms with Crippen LogP contribution in [-0.2, 0) is 31.9 Å². The van der Waals surface area contributed by atoms with E-state index in [1.165, 1.54) is 48.8 Å². The fraction of sp³-hybridized carbons (Fsp3) is 0.186. The topological polar surface area (TPSA) is 230 Å². The van der Waals surface area contributed by atoms with Crippen molar-refractivity contribution in [1.29, 1.82) is 0 Å². The molecule has 8 aromatic heterocycles. The number of ether oxygens (including phenoxy) is 1. The maximum Gasteiger partial charge on any atom is 0.435 e. The van der Waals surface area contributed by atoms with Crippen molar-refractivity contribution in [2.75, 3.05) is 0 Å². The summed E-state index contributed by atoms with van der Waals surface area (Å²) in [5.41, 5.74) is 2.96. The highest BCUT2D eigenvalue weighted by atomic mass is 19.1. The van der Waals surface area contributed by atoms with E-state index in [0.29, 0.717) is 62.1 Å². The molecule has 0 spiro atoms. The summed E-state index contributed by atoms with van der Waals surface area (Å²) in [5.74, 6) is -0.210. The lowest BCUT2D eigenvalue weighted by molar-refractivity contribution is 0.0502. The molecular formula is C43H36F2N14O6. The summed E-state index contributed by atoms with van der Waals surface area (Å²) in [7, 11) is 3.05. The summed E-state index contributed by atoms with van der Waals surface area (Å²) < 4.78 is 50.6. The Balaban J connectivity index is 0.000000168. The monoisotopic (exact) mass is 882 g/mol. The number of halogens is 2. The molecule has 0 amide bonds. The summed E-state index contributed by atoms with van der Waals surface area (Å²) >= 11 is 0. The van der Waals surface area contributed by atoms with Crippen LogP contribution in [0, 0.1) is 11.6 Å². The van der Waals surface area contributed by atoms with Crippen molar-refractivity contribution in [2.45, 2.75) is 39.5 Å². The molecule has 0 aliphatic heterocycles. The minimum Gasteiger partial charge on any atom is -0.442 e. The number of hydrogen-bond donors (Lipinski definition) is 1. The summed E-state index contributed by atoms with van der Waals surface area (Å²) in [6.45, 7) is 5.48. The van der Waals surface area contributed by atoms with Crippen LogP contribution in [0.2, 0.25) is 0 Å². The number of nitrogens with zero attached hydrogens (tertiary/aromatic N) is 13. The van der Waals surface area contributed by atoms with Crippen LogP contribution in [-0.4, -0.2) is 80.6 Å². The first-order valence-corrected chi connectivity index (χ1v) is 19.8. The van der Waals surface area contributed by atoms with E-state index in [9.17, 15) is 23.2 Å². The van der Waals surface area contributed by atoms with Crippen molar-refractivity contribution < 1.29 is 27.4 Å². The smallest absolute Gasteiger partial charge is 0.435 e. The van der Waals surface area contributed by atoms with Gasteiger partial charge in [-0.05, 0) is 45.0 Å². The SMILES string of the molecule is Cn1[nH]c2nc(-c3cc(-c4ccon4)n(Cc4ccccc4F)n3)ncc2c1=O.Cn1c(=O)c2cnc(-c3cc(-c4ccon4)n(Cc4ccccc4F)n3)nc2n1C(=O)OC(C)(C)C. The van der Waals surface area contributed by atoms with Gasteiger partial charge in [-0.15, -0.1) is 0 Å². The maximum atomic E-state index is 14.4. The van der Waals surface area contributed by atoms with Crippen LogP contribution in [0.3, 0.4) is 0 Å². The van der Waals surface area contributed by atoms with Crippen molar-refractivity contribution in [3.63, 3.8) is 0 Å². The molecule has 0 atom stereocenters. The van der Waals surface area contributed by atoms with Crippen LogP contribution in [0.15, 0.2) is 116 Å². The first-order valence-electron chi connectivity index (χ1n) is 19.8. The molecule has 65 heavy (non-hydrogen) atoms. The molecule has 0 saturated carbocycles. The maximum absolute atomic E-state index is 14.4. The van der Waals surface area contributed by atoms with Gasteiger partial charge in [-0.25, -0.2) is 38.2 Å². The van der Waals surface area contributed by atoms with Gasteiger partial charge in [-0.3, -0.25) is 28.7 Å². The number of carbonyl (C=O) groups excluding carboxylic acids is 1. The fourth-order valence-electron chi connectivity index (χ4n) is 6.84. The van der Waals surface area contributed by atoms with Crippen LogP contribution in [0.4, 0.5) is 13.6 Å². The van der Waals surface area contributed by atoms with Gasteiger partial charge in [0.1, 0.15) is 63.3 Å². The minimum absolute atomic E-state index is 0.0772. The van der Waals surface area contributed by atoms with Gasteiger partial charge in [0.2, 0.25) is 0 Å². The molecule has 0 radical (unpaired) electrons. The molecule has 0 unspecified atom stereocenters. The number of carbonyl (C=O) groups is 1. The second kappa shape index (κ2) is 16.5. The van der Waals surface area contributed by atoms with E-state index < -0.39 is 17.3 Å². The fourth-order valence-corrected chi connectivity index (χ4v) is 6.84. The molecule has 10 aromatic rings. The summed E-state index contributed by atoms with van der Waals surface area (Å²) in [6.07, 6.45) is 4.92. The minimum atomic E-state index is -0.780. The van der Waals surface area contributed by atoms with Gasteiger partial charge in [0.25, 0.3) is 11.1 Å². The zero-order chi connectivity index (χ0) is 45.6. The number of fused-ring (bicyclic) bond motifs is 2. The van der Waals surface area contributed by atoms with Crippen LogP contribution in [0.1, 0.15) is 31.9 Å². The van der Waals surface area contributed by atoms with Crippen LogP contribution >= 0.6 is 0 Å². The number of aryl methyl sites for hydroxylation is 1. The predicted molar refractivity (Wildman–Crippen MR) is 228 cm³/mol. The molecule has 8 heterocycles. The van der Waals surface area contributed by atoms with Gasteiger partial charge in [0, 0.05) is 49.7 Å². The molecule has 20 nitrogen and oxygen atoms in total. The zero-order valence-electron chi connectivity index (χ0n) is 35.2. The normalized spacial score (nSPS) is 11.6. The van der Waals surface area contributed by atoms with E-state index in [1.54, 1.807) is 97.8 Å². The summed E-state index contributed by atoms with van der Waals surface area (Å²) in [6, 6.07) is 19.7. The van der Waals surface area contributed by atoms with Crippen LogP contribution in [0.5, 0.6) is 0 Å². The first kappa shape index (κ1) is 41.7. The van der Waals surface area contributed by atoms with Crippen molar-refractivity contribution in [1.82, 2.24) is 69.0 Å². The average molecular weight is 883 g/mol. The Morgan fingerprint density at radius 2 is 1.23 bits per heavy atom. The zero-order valence-corrected chi connectivity index (χ0v) is 35.2. The Hall–Kier alpha value is -8.69. The number of hydrogen-bond acceptors (Lipinski definition) is 14. The summed E-state index contributed by atoms with van der Waals surface area (Å²) in [5, 5.41) is 20.5. The second-order valence-electron chi connectivity index (χ2n) is 15.6. The van der Waals surface area contributed by atoms with Crippen LogP contribution in [0.25, 0.3) is 67.9 Å². The molecular weight excluding hydrogens is 847 g/mol. The highest BCUT2D eigenvalue weighted by molar-refractivity contribution is 5.86.